The highest BCUT2D eigenvalue weighted by Gasteiger charge is 2.18. The van der Waals surface area contributed by atoms with E-state index in [4.69, 9.17) is 17.0 Å². The molecule has 0 N–H and O–H groups in total. The van der Waals surface area contributed by atoms with Gasteiger partial charge >= 0.3 is 5.97 Å². The zero-order valence-corrected chi connectivity index (χ0v) is 17.5. The number of hydrogen-bond acceptors (Lipinski definition) is 7. The van der Waals surface area contributed by atoms with E-state index >= 15 is 0 Å². The molecule has 2 heterocycles. The Morgan fingerprint density at radius 2 is 1.85 bits per heavy atom. The minimum Gasteiger partial charge on any atom is -0.452 e. The Hall–Kier alpha value is -1.71. The van der Waals surface area contributed by atoms with E-state index in [0.717, 1.165) is 48.8 Å². The summed E-state index contributed by atoms with van der Waals surface area (Å²) in [5, 5.41) is 4.42. The minimum atomic E-state index is -0.503. The van der Waals surface area contributed by atoms with Crippen LogP contribution in [0.4, 0.5) is 0 Å². The van der Waals surface area contributed by atoms with Crippen LogP contribution in [0.15, 0.2) is 28.6 Å². The van der Waals surface area contributed by atoms with Crippen LogP contribution in [0.3, 0.4) is 0 Å². The largest absolute Gasteiger partial charge is 0.452 e. The van der Waals surface area contributed by atoms with Crippen molar-refractivity contribution in [3.63, 3.8) is 0 Å². The van der Waals surface area contributed by atoms with Crippen LogP contribution in [0, 0.1) is 3.95 Å². The maximum Gasteiger partial charge on any atom is 0.338 e. The number of benzene rings is 1. The first-order valence-corrected chi connectivity index (χ1v) is 11.2. The van der Waals surface area contributed by atoms with E-state index in [1.807, 2.05) is 6.26 Å². The lowest BCUT2D eigenvalue weighted by Gasteiger charge is -2.19. The topological polar surface area (TPSA) is 64.4 Å². The lowest BCUT2D eigenvalue weighted by Crippen LogP contribution is -2.35. The van der Waals surface area contributed by atoms with Crippen LogP contribution in [0.5, 0.6) is 0 Å². The molecule has 1 saturated heterocycles. The number of ether oxygens (including phenoxy) is 1. The molecule has 0 unspecified atom stereocenters. The molecular weight excluding hydrogens is 402 g/mol. The van der Waals surface area contributed by atoms with Crippen LogP contribution in [-0.4, -0.2) is 52.5 Å². The van der Waals surface area contributed by atoms with Crippen LogP contribution >= 0.6 is 35.3 Å². The van der Waals surface area contributed by atoms with Crippen LogP contribution in [0.1, 0.15) is 36.0 Å². The number of nitrogens with zero attached hydrogens (tertiary/aromatic N) is 3. The molecule has 144 valence electrons. The first-order chi connectivity index (χ1) is 13.1. The second-order valence-electron chi connectivity index (χ2n) is 6.17. The molecule has 0 aliphatic carbocycles. The van der Waals surface area contributed by atoms with Gasteiger partial charge in [0, 0.05) is 13.1 Å². The van der Waals surface area contributed by atoms with Crippen LogP contribution in [-0.2, 0) is 9.53 Å². The number of rotatable bonds is 5. The Morgan fingerprint density at radius 3 is 2.44 bits per heavy atom. The predicted molar refractivity (Wildman–Crippen MR) is 109 cm³/mol. The summed E-state index contributed by atoms with van der Waals surface area (Å²) >= 11 is 8.30. The molecule has 6 nitrogen and oxygen atoms in total. The molecule has 0 saturated carbocycles. The van der Waals surface area contributed by atoms with Gasteiger partial charge in [0.2, 0.25) is 0 Å². The van der Waals surface area contributed by atoms with E-state index in [0.29, 0.717) is 9.52 Å². The quantitative estimate of drug-likeness (QED) is 0.412. The number of hydrogen-bond donors (Lipinski definition) is 0. The maximum atomic E-state index is 12.2. The second kappa shape index (κ2) is 9.48. The molecule has 1 aliphatic rings. The van der Waals surface area contributed by atoms with Crippen LogP contribution in [0.2, 0.25) is 0 Å². The molecule has 27 heavy (non-hydrogen) atoms. The third-order valence-electron chi connectivity index (χ3n) is 4.34. The molecule has 0 spiro atoms. The first-order valence-electron chi connectivity index (χ1n) is 8.78. The summed E-state index contributed by atoms with van der Waals surface area (Å²) in [6.45, 7) is 1.28. The Bertz CT molecular complexity index is 853. The van der Waals surface area contributed by atoms with Gasteiger partial charge < -0.3 is 9.64 Å². The van der Waals surface area contributed by atoms with Gasteiger partial charge in [-0.15, -0.1) is 5.10 Å². The average molecular weight is 424 g/mol. The van der Waals surface area contributed by atoms with Crippen molar-refractivity contribution in [1.82, 2.24) is 14.7 Å². The van der Waals surface area contributed by atoms with Crippen molar-refractivity contribution in [3.8, 4) is 5.69 Å². The highest BCUT2D eigenvalue weighted by atomic mass is 32.2. The Kier molecular flexibility index (Phi) is 7.03. The van der Waals surface area contributed by atoms with Crippen molar-refractivity contribution < 1.29 is 14.3 Å². The number of carbonyl (C=O) groups is 2. The predicted octanol–water partition coefficient (Wildman–Crippen LogP) is 3.94. The van der Waals surface area contributed by atoms with E-state index < -0.39 is 5.97 Å². The fourth-order valence-electron chi connectivity index (χ4n) is 2.87. The lowest BCUT2D eigenvalue weighted by atomic mass is 10.2. The summed E-state index contributed by atoms with van der Waals surface area (Å²) in [4.78, 5) is 26.2. The van der Waals surface area contributed by atoms with Crippen molar-refractivity contribution in [1.29, 1.82) is 0 Å². The summed E-state index contributed by atoms with van der Waals surface area (Å²) in [7, 11) is 0. The van der Waals surface area contributed by atoms with Gasteiger partial charge in [0.1, 0.15) is 0 Å². The maximum absolute atomic E-state index is 12.2. The van der Waals surface area contributed by atoms with Gasteiger partial charge in [-0.05, 0) is 55.6 Å². The molecule has 1 aromatic heterocycles. The molecule has 9 heteroatoms. The first kappa shape index (κ1) is 20.0. The van der Waals surface area contributed by atoms with Crippen molar-refractivity contribution in [3.05, 3.63) is 33.8 Å². The van der Waals surface area contributed by atoms with Gasteiger partial charge in [0.25, 0.3) is 5.91 Å². The smallest absolute Gasteiger partial charge is 0.338 e. The van der Waals surface area contributed by atoms with Crippen molar-refractivity contribution in [2.75, 3.05) is 26.0 Å². The number of carbonyl (C=O) groups excluding carboxylic acids is 2. The fraction of sp³-hybridized carbons (Fsp3) is 0.444. The standard InChI is InChI=1S/C18H21N3O3S3/c1-26-17-19-21(18(25)27-17)14-8-6-13(7-9-14)16(23)24-12-15(22)20-10-4-2-3-5-11-20/h6-9H,2-5,10-12H2,1H3. The monoisotopic (exact) mass is 423 g/mol. The summed E-state index contributed by atoms with van der Waals surface area (Å²) in [5.41, 5.74) is 1.18. The SMILES string of the molecule is CSc1nn(-c2ccc(C(=O)OCC(=O)N3CCCCCC3)cc2)c(=S)s1. The zero-order chi connectivity index (χ0) is 19.2. The van der Waals surface area contributed by atoms with Gasteiger partial charge in [0.05, 0.1) is 11.3 Å². The summed E-state index contributed by atoms with van der Waals surface area (Å²) in [6.07, 6.45) is 6.27. The van der Waals surface area contributed by atoms with E-state index in [2.05, 4.69) is 5.10 Å². The van der Waals surface area contributed by atoms with E-state index in [-0.39, 0.29) is 12.5 Å². The number of thioether (sulfide) groups is 1. The normalized spacial score (nSPS) is 14.6. The number of likely N-dealkylation sites (tertiary alicyclic amines) is 1. The van der Waals surface area contributed by atoms with Gasteiger partial charge in [-0.1, -0.05) is 35.9 Å². The molecular formula is C18H21N3O3S3. The number of amides is 1. The fourth-order valence-corrected chi connectivity index (χ4v) is 4.65. The highest BCUT2D eigenvalue weighted by Crippen LogP contribution is 2.22. The van der Waals surface area contributed by atoms with E-state index in [1.54, 1.807) is 33.8 Å². The molecule has 1 amide bonds. The second-order valence-corrected chi connectivity index (χ2v) is 8.84. The number of aromatic nitrogens is 2. The average Bonchev–Trinajstić information content (AvgIpc) is 2.89. The van der Waals surface area contributed by atoms with Gasteiger partial charge in [-0.2, -0.15) is 0 Å². The Labute approximate surface area is 171 Å². The Balaban J connectivity index is 1.59. The van der Waals surface area contributed by atoms with Crippen molar-refractivity contribution in [2.24, 2.45) is 0 Å². The van der Waals surface area contributed by atoms with E-state index in [1.165, 1.54) is 23.1 Å². The van der Waals surface area contributed by atoms with Crippen LogP contribution in [0.25, 0.3) is 5.69 Å². The third-order valence-corrected chi connectivity index (χ3v) is 6.54. The summed E-state index contributed by atoms with van der Waals surface area (Å²) in [6, 6.07) is 6.86. The molecule has 0 bridgehead atoms. The molecule has 0 radical (unpaired) electrons. The molecule has 1 fully saturated rings. The van der Waals surface area contributed by atoms with Crippen molar-refractivity contribution >= 4 is 47.2 Å². The Morgan fingerprint density at radius 1 is 1.19 bits per heavy atom. The molecule has 2 aromatic rings. The summed E-state index contributed by atoms with van der Waals surface area (Å²) in [5.74, 6) is -0.628. The highest BCUT2D eigenvalue weighted by molar-refractivity contribution is 8.00. The summed E-state index contributed by atoms with van der Waals surface area (Å²) < 4.78 is 8.41. The van der Waals surface area contributed by atoms with Crippen molar-refractivity contribution in [2.45, 2.75) is 30.0 Å². The third kappa shape index (κ3) is 5.18. The number of esters is 1. The van der Waals surface area contributed by atoms with Gasteiger partial charge in [-0.3, -0.25) is 4.79 Å². The van der Waals surface area contributed by atoms with Crippen LogP contribution < -0.4 is 0 Å². The molecule has 1 aliphatic heterocycles. The molecule has 3 rings (SSSR count). The minimum absolute atomic E-state index is 0.125. The van der Waals surface area contributed by atoms with E-state index in [9.17, 15) is 9.59 Å². The van der Waals surface area contributed by atoms with Gasteiger partial charge in [0.15, 0.2) is 14.9 Å². The molecule has 0 atom stereocenters. The zero-order valence-electron chi connectivity index (χ0n) is 15.1. The lowest BCUT2D eigenvalue weighted by molar-refractivity contribution is -0.134. The molecule has 1 aromatic carbocycles. The van der Waals surface area contributed by atoms with Gasteiger partial charge in [-0.25, -0.2) is 9.48 Å².